The lowest BCUT2D eigenvalue weighted by atomic mass is 9.93. The van der Waals surface area contributed by atoms with Gasteiger partial charge >= 0.3 is 0 Å². The van der Waals surface area contributed by atoms with Crippen molar-refractivity contribution in [1.29, 1.82) is 0 Å². The highest BCUT2D eigenvalue weighted by molar-refractivity contribution is 6.31. The molecule has 4 nitrogen and oxygen atoms in total. The van der Waals surface area contributed by atoms with E-state index in [2.05, 4.69) is 4.99 Å². The summed E-state index contributed by atoms with van der Waals surface area (Å²) in [6.45, 7) is 1.99. The molecule has 0 spiro atoms. The number of hydrogen-bond acceptors (Lipinski definition) is 4. The van der Waals surface area contributed by atoms with Gasteiger partial charge in [-0.25, -0.2) is 0 Å². The van der Waals surface area contributed by atoms with Crippen LogP contribution in [0.1, 0.15) is 34.3 Å². The van der Waals surface area contributed by atoms with E-state index in [-0.39, 0.29) is 12.2 Å². The number of halogens is 1. The van der Waals surface area contributed by atoms with Crippen LogP contribution in [0.25, 0.3) is 0 Å². The average molecular weight is 356 g/mol. The Balaban J connectivity index is 1.63. The molecule has 0 aliphatic carbocycles. The molecule has 128 valence electrons. The van der Waals surface area contributed by atoms with Gasteiger partial charge in [0.25, 0.3) is 0 Å². The van der Waals surface area contributed by atoms with Gasteiger partial charge in [0, 0.05) is 29.1 Å². The summed E-state index contributed by atoms with van der Waals surface area (Å²) in [6, 6.07) is 11.0. The molecule has 0 fully saturated rings. The van der Waals surface area contributed by atoms with Crippen LogP contribution >= 0.6 is 11.6 Å². The van der Waals surface area contributed by atoms with Crippen molar-refractivity contribution in [3.8, 4) is 11.5 Å². The van der Waals surface area contributed by atoms with E-state index in [4.69, 9.17) is 21.1 Å². The molecule has 2 aliphatic rings. The fraction of sp³-hybridized carbons (Fsp3) is 0.300. The van der Waals surface area contributed by atoms with Crippen LogP contribution in [0.4, 0.5) is 0 Å². The number of ether oxygens (including phenoxy) is 2. The highest BCUT2D eigenvalue weighted by atomic mass is 35.5. The number of carbonyl (C=O) groups excluding carboxylic acids is 1. The highest BCUT2D eigenvalue weighted by Gasteiger charge is 2.22. The van der Waals surface area contributed by atoms with E-state index in [9.17, 15) is 4.79 Å². The fourth-order valence-corrected chi connectivity index (χ4v) is 3.38. The quantitative estimate of drug-likeness (QED) is 0.778. The lowest BCUT2D eigenvalue weighted by Crippen LogP contribution is -2.17. The van der Waals surface area contributed by atoms with Crippen molar-refractivity contribution in [3.63, 3.8) is 0 Å². The molecule has 2 aliphatic heterocycles. The second kappa shape index (κ2) is 6.89. The van der Waals surface area contributed by atoms with E-state index in [1.54, 1.807) is 24.3 Å². The van der Waals surface area contributed by atoms with Crippen molar-refractivity contribution >= 4 is 23.1 Å². The van der Waals surface area contributed by atoms with Crippen molar-refractivity contribution in [3.05, 3.63) is 58.1 Å². The monoisotopic (exact) mass is 355 g/mol. The molecule has 2 aromatic rings. The van der Waals surface area contributed by atoms with Gasteiger partial charge in [0.2, 0.25) is 0 Å². The van der Waals surface area contributed by atoms with Crippen LogP contribution in [0.15, 0.2) is 41.4 Å². The average Bonchev–Trinajstić information content (AvgIpc) is 2.85. The Morgan fingerprint density at radius 1 is 1.12 bits per heavy atom. The smallest absolute Gasteiger partial charge is 0.168 e. The number of aliphatic imine (C=N–C) groups is 1. The molecule has 0 amide bonds. The third-order valence-electron chi connectivity index (χ3n) is 4.44. The Morgan fingerprint density at radius 2 is 1.92 bits per heavy atom. The molecule has 25 heavy (non-hydrogen) atoms. The van der Waals surface area contributed by atoms with E-state index in [0.29, 0.717) is 30.3 Å². The van der Waals surface area contributed by atoms with Gasteiger partial charge in [0.15, 0.2) is 17.3 Å². The summed E-state index contributed by atoms with van der Waals surface area (Å²) in [4.78, 5) is 17.2. The summed E-state index contributed by atoms with van der Waals surface area (Å²) >= 11 is 5.99. The molecule has 5 heteroatoms. The molecule has 2 heterocycles. The first-order valence-corrected chi connectivity index (χ1v) is 8.83. The number of Topliss-reactive ketones (excluding diaryl/α,β-unsaturated/α-hetero) is 1. The van der Waals surface area contributed by atoms with Gasteiger partial charge in [-0.05, 0) is 36.2 Å². The molecular weight excluding hydrogens is 338 g/mol. The van der Waals surface area contributed by atoms with E-state index in [0.717, 1.165) is 41.2 Å². The lowest BCUT2D eigenvalue weighted by Gasteiger charge is -2.19. The third-order valence-corrected chi connectivity index (χ3v) is 4.68. The van der Waals surface area contributed by atoms with Gasteiger partial charge in [-0.1, -0.05) is 23.7 Å². The van der Waals surface area contributed by atoms with Crippen LogP contribution in [0.2, 0.25) is 5.02 Å². The van der Waals surface area contributed by atoms with Crippen molar-refractivity contribution in [2.24, 2.45) is 4.99 Å². The van der Waals surface area contributed by atoms with Crippen molar-refractivity contribution < 1.29 is 14.3 Å². The van der Waals surface area contributed by atoms with Crippen molar-refractivity contribution in [2.45, 2.75) is 19.3 Å². The minimum Gasteiger partial charge on any atom is -0.490 e. The van der Waals surface area contributed by atoms with E-state index in [1.165, 1.54) is 0 Å². The Kier molecular flexibility index (Phi) is 4.45. The van der Waals surface area contributed by atoms with Crippen LogP contribution in [0.5, 0.6) is 11.5 Å². The van der Waals surface area contributed by atoms with Crippen LogP contribution in [0, 0.1) is 0 Å². The Bertz CT molecular complexity index is 860. The molecule has 0 saturated heterocycles. The molecule has 4 rings (SSSR count). The molecular formula is C20H18ClNO3. The fourth-order valence-electron chi connectivity index (χ4n) is 3.19. The van der Waals surface area contributed by atoms with E-state index in [1.807, 2.05) is 12.1 Å². The predicted molar refractivity (Wildman–Crippen MR) is 97.6 cm³/mol. The van der Waals surface area contributed by atoms with Gasteiger partial charge in [0.05, 0.1) is 25.3 Å². The normalized spacial score (nSPS) is 15.8. The zero-order valence-corrected chi connectivity index (χ0v) is 14.5. The zero-order chi connectivity index (χ0) is 17.2. The maximum atomic E-state index is 12.6. The summed E-state index contributed by atoms with van der Waals surface area (Å²) in [5.41, 5.74) is 3.57. The molecule has 2 aromatic carbocycles. The van der Waals surface area contributed by atoms with Crippen LogP contribution < -0.4 is 9.47 Å². The number of fused-ring (bicyclic) bond motifs is 2. The molecule has 0 aromatic heterocycles. The van der Waals surface area contributed by atoms with Crippen LogP contribution in [-0.2, 0) is 6.42 Å². The summed E-state index contributed by atoms with van der Waals surface area (Å²) in [5, 5.41) is 0.563. The Hall–Kier alpha value is -2.33. The number of carbonyl (C=O) groups is 1. The maximum Gasteiger partial charge on any atom is 0.168 e. The largest absolute Gasteiger partial charge is 0.490 e. The highest BCUT2D eigenvalue weighted by Crippen LogP contribution is 2.35. The minimum atomic E-state index is 0.0150. The summed E-state index contributed by atoms with van der Waals surface area (Å²) in [7, 11) is 0. The maximum absolute atomic E-state index is 12.6. The number of nitrogens with zero attached hydrogens (tertiary/aromatic N) is 1. The van der Waals surface area contributed by atoms with Gasteiger partial charge in [-0.15, -0.1) is 0 Å². The van der Waals surface area contributed by atoms with E-state index >= 15 is 0 Å². The molecule has 0 atom stereocenters. The number of hydrogen-bond donors (Lipinski definition) is 0. The zero-order valence-electron chi connectivity index (χ0n) is 13.8. The second-order valence-electron chi connectivity index (χ2n) is 6.20. The summed E-state index contributed by atoms with van der Waals surface area (Å²) < 4.78 is 11.6. The van der Waals surface area contributed by atoms with Crippen LogP contribution in [0.3, 0.4) is 0 Å². The minimum absolute atomic E-state index is 0.0150. The Morgan fingerprint density at radius 3 is 2.72 bits per heavy atom. The topological polar surface area (TPSA) is 47.9 Å². The Labute approximate surface area is 151 Å². The first-order chi connectivity index (χ1) is 12.2. The van der Waals surface area contributed by atoms with Gasteiger partial charge < -0.3 is 9.47 Å². The molecule has 0 unspecified atom stereocenters. The van der Waals surface area contributed by atoms with Gasteiger partial charge in [-0.3, -0.25) is 9.79 Å². The first kappa shape index (κ1) is 16.2. The van der Waals surface area contributed by atoms with Gasteiger partial charge in [0.1, 0.15) is 0 Å². The van der Waals surface area contributed by atoms with E-state index < -0.39 is 0 Å². The lowest BCUT2D eigenvalue weighted by molar-refractivity contribution is 0.100. The molecule has 0 saturated carbocycles. The number of rotatable bonds is 3. The predicted octanol–water partition coefficient (Wildman–Crippen LogP) is 4.12. The number of benzene rings is 2. The second-order valence-corrected chi connectivity index (χ2v) is 6.63. The third kappa shape index (κ3) is 3.40. The molecule has 0 bridgehead atoms. The standard InChI is InChI=1S/C20H18ClNO3/c21-15-4-1-3-14(9-15)18(23)12-17-16-11-20-19(24-7-2-8-25-20)10-13(16)5-6-22-17/h1,3-4,9-11H,2,5-8,12H2. The first-order valence-electron chi connectivity index (χ1n) is 8.46. The summed E-state index contributed by atoms with van der Waals surface area (Å²) in [5.74, 6) is 1.54. The molecule has 0 radical (unpaired) electrons. The molecule has 0 N–H and O–H groups in total. The van der Waals surface area contributed by atoms with Crippen molar-refractivity contribution in [1.82, 2.24) is 0 Å². The van der Waals surface area contributed by atoms with Crippen molar-refractivity contribution in [2.75, 3.05) is 19.8 Å². The SMILES string of the molecule is O=C(CC1=NCCc2cc3c(cc21)OCCCO3)c1cccc(Cl)c1. The summed E-state index contributed by atoms with van der Waals surface area (Å²) in [6.07, 6.45) is 1.97. The van der Waals surface area contributed by atoms with Crippen LogP contribution in [-0.4, -0.2) is 31.3 Å². The number of ketones is 1. The van der Waals surface area contributed by atoms with Gasteiger partial charge in [-0.2, -0.15) is 0 Å².